The fourth-order valence-electron chi connectivity index (χ4n) is 1.00. The number of nitrogens with two attached hydrogens (primary N) is 1. The Morgan fingerprint density at radius 1 is 1.42 bits per heavy atom. The molecule has 0 spiro atoms. The second-order valence-corrected chi connectivity index (χ2v) is 3.57. The van der Waals surface area contributed by atoms with Crippen molar-refractivity contribution in [2.24, 2.45) is 11.7 Å². The minimum absolute atomic E-state index is 0.0565. The van der Waals surface area contributed by atoms with Gasteiger partial charge in [0.2, 0.25) is 0 Å². The summed E-state index contributed by atoms with van der Waals surface area (Å²) in [7, 11) is 0. The molecule has 0 radical (unpaired) electrons. The van der Waals surface area contributed by atoms with Crippen molar-refractivity contribution in [1.29, 1.82) is 0 Å². The Labute approximate surface area is 74.3 Å². The van der Waals surface area contributed by atoms with Crippen LogP contribution in [0.25, 0.3) is 0 Å². The number of hydrogen-bond acceptors (Lipinski definition) is 3. The zero-order chi connectivity index (χ0) is 9.72. The second-order valence-electron chi connectivity index (χ2n) is 3.57. The lowest BCUT2D eigenvalue weighted by Gasteiger charge is -2.19. The van der Waals surface area contributed by atoms with Crippen molar-refractivity contribution in [2.45, 2.75) is 46.4 Å². The van der Waals surface area contributed by atoms with Gasteiger partial charge in [-0.1, -0.05) is 13.8 Å². The maximum atomic E-state index is 11.0. The molecule has 0 bridgehead atoms. The normalized spacial score (nSPS) is 16.2. The SMILES string of the molecule is CC(=O)[C@H](CC(C)C)OC(C)N. The topological polar surface area (TPSA) is 52.3 Å². The van der Waals surface area contributed by atoms with Crippen molar-refractivity contribution in [3.8, 4) is 0 Å². The van der Waals surface area contributed by atoms with E-state index >= 15 is 0 Å². The fraction of sp³-hybridized carbons (Fsp3) is 0.889. The number of carbonyl (C=O) groups is 1. The highest BCUT2D eigenvalue weighted by atomic mass is 16.5. The standard InChI is InChI=1S/C9H19NO2/c1-6(2)5-9(7(3)11)12-8(4)10/h6,8-9H,5,10H2,1-4H3/t8?,9-/m0/s1. The monoisotopic (exact) mass is 173 g/mol. The lowest BCUT2D eigenvalue weighted by molar-refractivity contribution is -0.132. The molecule has 0 aliphatic heterocycles. The number of hydrogen-bond donors (Lipinski definition) is 1. The zero-order valence-electron chi connectivity index (χ0n) is 8.33. The third-order valence-electron chi connectivity index (χ3n) is 1.52. The van der Waals surface area contributed by atoms with Gasteiger partial charge in [-0.2, -0.15) is 0 Å². The summed E-state index contributed by atoms with van der Waals surface area (Å²) in [6, 6.07) is 0. The number of Topliss-reactive ketones (excluding diaryl/α,β-unsaturated/α-hetero) is 1. The van der Waals surface area contributed by atoms with Gasteiger partial charge in [0.1, 0.15) is 12.3 Å². The van der Waals surface area contributed by atoms with E-state index in [-0.39, 0.29) is 18.1 Å². The van der Waals surface area contributed by atoms with Crippen molar-refractivity contribution >= 4 is 5.78 Å². The largest absolute Gasteiger partial charge is 0.353 e. The molecule has 0 amide bonds. The highest BCUT2D eigenvalue weighted by molar-refractivity contribution is 5.80. The average Bonchev–Trinajstić information content (AvgIpc) is 1.83. The molecule has 0 aromatic rings. The Morgan fingerprint density at radius 3 is 2.17 bits per heavy atom. The van der Waals surface area contributed by atoms with E-state index in [4.69, 9.17) is 10.5 Å². The molecule has 0 aromatic heterocycles. The smallest absolute Gasteiger partial charge is 0.158 e. The van der Waals surface area contributed by atoms with Crippen molar-refractivity contribution < 1.29 is 9.53 Å². The van der Waals surface area contributed by atoms with E-state index in [0.29, 0.717) is 5.92 Å². The molecule has 0 aliphatic carbocycles. The summed E-state index contributed by atoms with van der Waals surface area (Å²) >= 11 is 0. The molecule has 0 saturated heterocycles. The molecule has 3 nitrogen and oxygen atoms in total. The van der Waals surface area contributed by atoms with Crippen LogP contribution in [-0.2, 0) is 9.53 Å². The van der Waals surface area contributed by atoms with Crippen LogP contribution < -0.4 is 5.73 Å². The molecule has 0 heterocycles. The molecule has 72 valence electrons. The van der Waals surface area contributed by atoms with Crippen LogP contribution in [0.5, 0.6) is 0 Å². The average molecular weight is 173 g/mol. The number of ether oxygens (including phenoxy) is 1. The summed E-state index contributed by atoms with van der Waals surface area (Å²) in [5, 5.41) is 0. The van der Waals surface area contributed by atoms with Crippen LogP contribution in [0, 0.1) is 5.92 Å². The van der Waals surface area contributed by atoms with Crippen LogP contribution in [0.4, 0.5) is 0 Å². The van der Waals surface area contributed by atoms with Gasteiger partial charge in [-0.05, 0) is 26.2 Å². The molecule has 0 saturated carbocycles. The number of ketones is 1. The van der Waals surface area contributed by atoms with E-state index in [0.717, 1.165) is 6.42 Å². The summed E-state index contributed by atoms with van der Waals surface area (Å²) in [5.74, 6) is 0.513. The number of rotatable bonds is 5. The highest BCUT2D eigenvalue weighted by Crippen LogP contribution is 2.09. The molecular weight excluding hydrogens is 154 g/mol. The Balaban J connectivity index is 3.96. The van der Waals surface area contributed by atoms with E-state index in [1.807, 2.05) is 0 Å². The summed E-state index contributed by atoms with van der Waals surface area (Å²) in [6.07, 6.45) is 0.0549. The first-order valence-corrected chi connectivity index (χ1v) is 4.35. The molecule has 3 heteroatoms. The van der Waals surface area contributed by atoms with Crippen LogP contribution >= 0.6 is 0 Å². The molecule has 0 aromatic carbocycles. The van der Waals surface area contributed by atoms with Gasteiger partial charge >= 0.3 is 0 Å². The van der Waals surface area contributed by atoms with Crippen LogP contribution in [0.2, 0.25) is 0 Å². The van der Waals surface area contributed by atoms with Gasteiger partial charge in [0, 0.05) is 0 Å². The predicted molar refractivity (Wildman–Crippen MR) is 48.7 cm³/mol. The molecule has 12 heavy (non-hydrogen) atoms. The van der Waals surface area contributed by atoms with Gasteiger partial charge in [-0.3, -0.25) is 4.79 Å². The van der Waals surface area contributed by atoms with E-state index in [1.165, 1.54) is 6.92 Å². The van der Waals surface area contributed by atoms with Gasteiger partial charge in [0.05, 0.1) is 0 Å². The minimum atomic E-state index is -0.363. The molecule has 2 atom stereocenters. The van der Waals surface area contributed by atoms with Crippen LogP contribution in [-0.4, -0.2) is 18.1 Å². The third kappa shape index (κ3) is 5.27. The quantitative estimate of drug-likeness (QED) is 0.638. The summed E-state index contributed by atoms with van der Waals surface area (Å²) < 4.78 is 5.25. The second kappa shape index (κ2) is 5.27. The first kappa shape index (κ1) is 11.6. The van der Waals surface area contributed by atoms with E-state index in [2.05, 4.69) is 13.8 Å². The van der Waals surface area contributed by atoms with E-state index in [9.17, 15) is 4.79 Å². The highest BCUT2D eigenvalue weighted by Gasteiger charge is 2.17. The first-order chi connectivity index (χ1) is 5.43. The van der Waals surface area contributed by atoms with Crippen LogP contribution in [0.3, 0.4) is 0 Å². The number of carbonyl (C=O) groups excluding carboxylic acids is 1. The Hall–Kier alpha value is -0.410. The Bertz CT molecular complexity index is 133. The molecule has 1 unspecified atom stereocenters. The molecule has 2 N–H and O–H groups in total. The first-order valence-electron chi connectivity index (χ1n) is 4.35. The summed E-state index contributed by atoms with van der Waals surface area (Å²) in [6.45, 7) is 7.38. The molecule has 0 aliphatic rings. The van der Waals surface area contributed by atoms with Gasteiger partial charge in [0.25, 0.3) is 0 Å². The molecule has 0 fully saturated rings. The van der Waals surface area contributed by atoms with Gasteiger partial charge in [-0.15, -0.1) is 0 Å². The van der Waals surface area contributed by atoms with E-state index < -0.39 is 0 Å². The Morgan fingerprint density at radius 2 is 1.92 bits per heavy atom. The predicted octanol–water partition coefficient (Wildman–Crippen LogP) is 1.31. The van der Waals surface area contributed by atoms with Crippen LogP contribution in [0.15, 0.2) is 0 Å². The van der Waals surface area contributed by atoms with Crippen molar-refractivity contribution in [3.05, 3.63) is 0 Å². The summed E-state index contributed by atoms with van der Waals surface area (Å²) in [4.78, 5) is 11.0. The van der Waals surface area contributed by atoms with E-state index in [1.54, 1.807) is 6.92 Å². The lowest BCUT2D eigenvalue weighted by Crippen LogP contribution is -2.32. The van der Waals surface area contributed by atoms with Crippen LogP contribution in [0.1, 0.15) is 34.1 Å². The van der Waals surface area contributed by atoms with Crippen molar-refractivity contribution in [1.82, 2.24) is 0 Å². The van der Waals surface area contributed by atoms with Crippen molar-refractivity contribution in [2.75, 3.05) is 0 Å². The Kier molecular flexibility index (Phi) is 5.09. The third-order valence-corrected chi connectivity index (χ3v) is 1.52. The maximum Gasteiger partial charge on any atom is 0.158 e. The van der Waals surface area contributed by atoms with Gasteiger partial charge in [-0.25, -0.2) is 0 Å². The fourth-order valence-corrected chi connectivity index (χ4v) is 1.00. The minimum Gasteiger partial charge on any atom is -0.353 e. The molecule has 0 rings (SSSR count). The van der Waals surface area contributed by atoms with Gasteiger partial charge < -0.3 is 10.5 Å². The van der Waals surface area contributed by atoms with Crippen molar-refractivity contribution in [3.63, 3.8) is 0 Å². The summed E-state index contributed by atoms with van der Waals surface area (Å²) in [5.41, 5.74) is 5.43. The van der Waals surface area contributed by atoms with Gasteiger partial charge in [0.15, 0.2) is 5.78 Å². The lowest BCUT2D eigenvalue weighted by atomic mass is 10.0. The molecular formula is C9H19NO2. The maximum absolute atomic E-state index is 11.0. The zero-order valence-corrected chi connectivity index (χ0v) is 8.33.